The van der Waals surface area contributed by atoms with Crippen molar-refractivity contribution in [1.82, 2.24) is 9.88 Å². The van der Waals surface area contributed by atoms with Crippen LogP contribution in [-0.2, 0) is 25.7 Å². The van der Waals surface area contributed by atoms with E-state index in [0.717, 1.165) is 16.2 Å². The maximum Gasteiger partial charge on any atom is 0.471 e. The highest BCUT2D eigenvalue weighted by atomic mass is 32.2. The quantitative estimate of drug-likeness (QED) is 0.334. The SMILES string of the molecule is O=C(Nc1cccc(C2OC(CSc3ccccn3)CC(c3ccc(CO)cc3)O2)c1)C1CCCN1C(=O)C(F)(F)F. The Balaban J connectivity index is 1.32. The Hall–Kier alpha value is -3.45. The van der Waals surface area contributed by atoms with Crippen molar-refractivity contribution in [2.24, 2.45) is 0 Å². The summed E-state index contributed by atoms with van der Waals surface area (Å²) in [5, 5.41) is 13.0. The van der Waals surface area contributed by atoms with Gasteiger partial charge in [0.15, 0.2) is 6.29 Å². The molecular weight excluding hydrogens is 571 g/mol. The van der Waals surface area contributed by atoms with Gasteiger partial charge in [0.25, 0.3) is 0 Å². The molecule has 2 saturated heterocycles. The number of alkyl halides is 3. The van der Waals surface area contributed by atoms with Gasteiger partial charge in [-0.3, -0.25) is 9.59 Å². The largest absolute Gasteiger partial charge is 0.471 e. The highest BCUT2D eigenvalue weighted by molar-refractivity contribution is 7.99. The molecule has 222 valence electrons. The number of aromatic nitrogens is 1. The van der Waals surface area contributed by atoms with Crippen molar-refractivity contribution < 1.29 is 37.3 Å². The van der Waals surface area contributed by atoms with Crippen LogP contribution in [0.2, 0.25) is 0 Å². The minimum atomic E-state index is -5.04. The second-order valence-corrected chi connectivity index (χ2v) is 11.1. The number of hydrogen-bond donors (Lipinski definition) is 2. The van der Waals surface area contributed by atoms with Gasteiger partial charge in [-0.15, -0.1) is 11.8 Å². The van der Waals surface area contributed by atoms with E-state index in [0.29, 0.717) is 34.7 Å². The summed E-state index contributed by atoms with van der Waals surface area (Å²) in [6.07, 6.45) is -3.60. The van der Waals surface area contributed by atoms with Gasteiger partial charge >= 0.3 is 12.1 Å². The first kappa shape index (κ1) is 30.0. The summed E-state index contributed by atoms with van der Waals surface area (Å²) in [6, 6.07) is 18.7. The van der Waals surface area contributed by atoms with Gasteiger partial charge in [0.05, 0.1) is 23.8 Å². The predicted octanol–water partition coefficient (Wildman–Crippen LogP) is 5.40. The molecule has 1 aromatic heterocycles. The van der Waals surface area contributed by atoms with Crippen LogP contribution in [0, 0.1) is 0 Å². The molecule has 2 aromatic carbocycles. The third-order valence-corrected chi connectivity index (χ3v) is 8.23. The van der Waals surface area contributed by atoms with E-state index in [1.165, 1.54) is 0 Å². The zero-order chi connectivity index (χ0) is 29.7. The molecule has 12 heteroatoms. The van der Waals surface area contributed by atoms with Gasteiger partial charge in [-0.05, 0) is 48.2 Å². The van der Waals surface area contributed by atoms with Crippen molar-refractivity contribution in [3.63, 3.8) is 0 Å². The van der Waals surface area contributed by atoms with Crippen molar-refractivity contribution in [1.29, 1.82) is 0 Å². The summed E-state index contributed by atoms with van der Waals surface area (Å²) in [5.74, 6) is -2.08. The number of nitrogens with zero attached hydrogens (tertiary/aromatic N) is 2. The second kappa shape index (κ2) is 13.2. The highest BCUT2D eigenvalue weighted by Crippen LogP contribution is 2.40. The third-order valence-electron chi connectivity index (χ3n) is 7.15. The lowest BCUT2D eigenvalue weighted by Crippen LogP contribution is -2.48. The van der Waals surface area contributed by atoms with Gasteiger partial charge in [0.2, 0.25) is 5.91 Å². The topological polar surface area (TPSA) is 101 Å². The fourth-order valence-corrected chi connectivity index (χ4v) is 5.95. The molecule has 2 aliphatic rings. The lowest BCUT2D eigenvalue weighted by molar-refractivity contribution is -0.245. The molecule has 0 spiro atoms. The number of halogens is 3. The van der Waals surface area contributed by atoms with Gasteiger partial charge in [0, 0.05) is 36.2 Å². The summed E-state index contributed by atoms with van der Waals surface area (Å²) in [5.41, 5.74) is 2.68. The normalized spacial score (nSPS) is 22.6. The van der Waals surface area contributed by atoms with Crippen LogP contribution >= 0.6 is 11.8 Å². The van der Waals surface area contributed by atoms with Gasteiger partial charge in [-0.2, -0.15) is 13.2 Å². The average molecular weight is 602 g/mol. The average Bonchev–Trinajstić information content (AvgIpc) is 3.50. The van der Waals surface area contributed by atoms with E-state index in [1.54, 1.807) is 42.2 Å². The number of ether oxygens (including phenoxy) is 2. The lowest BCUT2D eigenvalue weighted by Gasteiger charge is -2.36. The van der Waals surface area contributed by atoms with E-state index in [2.05, 4.69) is 10.3 Å². The Morgan fingerprint density at radius 2 is 1.86 bits per heavy atom. The van der Waals surface area contributed by atoms with Crippen LogP contribution in [0.4, 0.5) is 18.9 Å². The molecule has 4 atom stereocenters. The molecule has 0 aliphatic carbocycles. The van der Waals surface area contributed by atoms with Crippen molar-refractivity contribution in [3.05, 3.63) is 89.6 Å². The predicted molar refractivity (Wildman–Crippen MR) is 149 cm³/mol. The molecule has 2 fully saturated rings. The molecule has 3 aromatic rings. The summed E-state index contributed by atoms with van der Waals surface area (Å²) < 4.78 is 51.8. The molecule has 5 rings (SSSR count). The number of aliphatic hydroxyl groups is 1. The maximum atomic E-state index is 13.0. The van der Waals surface area contributed by atoms with E-state index in [4.69, 9.17) is 9.47 Å². The van der Waals surface area contributed by atoms with E-state index < -0.39 is 30.3 Å². The van der Waals surface area contributed by atoms with Gasteiger partial charge in [-0.25, -0.2) is 4.98 Å². The first-order chi connectivity index (χ1) is 20.2. The monoisotopic (exact) mass is 601 g/mol. The van der Waals surface area contributed by atoms with Crippen LogP contribution in [0.25, 0.3) is 0 Å². The smallest absolute Gasteiger partial charge is 0.392 e. The Morgan fingerprint density at radius 1 is 1.05 bits per heavy atom. The Morgan fingerprint density at radius 3 is 2.57 bits per heavy atom. The van der Waals surface area contributed by atoms with Crippen molar-refractivity contribution in [3.8, 4) is 0 Å². The minimum absolute atomic E-state index is 0.0671. The number of hydrogen-bond acceptors (Lipinski definition) is 7. The van der Waals surface area contributed by atoms with Gasteiger partial charge < -0.3 is 24.8 Å². The van der Waals surface area contributed by atoms with E-state index in [9.17, 15) is 27.9 Å². The van der Waals surface area contributed by atoms with Crippen molar-refractivity contribution in [2.75, 3.05) is 17.6 Å². The second-order valence-electron chi connectivity index (χ2n) is 10.1. The number of rotatable bonds is 8. The number of aliphatic hydroxyl groups excluding tert-OH is 1. The molecule has 4 unspecified atom stereocenters. The summed E-state index contributed by atoms with van der Waals surface area (Å²) >= 11 is 1.56. The van der Waals surface area contributed by atoms with Crippen molar-refractivity contribution >= 4 is 29.3 Å². The number of thioether (sulfide) groups is 1. The fraction of sp³-hybridized carbons (Fsp3) is 0.367. The number of benzene rings is 2. The highest BCUT2D eigenvalue weighted by Gasteiger charge is 2.47. The molecule has 2 aliphatic heterocycles. The molecule has 42 heavy (non-hydrogen) atoms. The van der Waals surface area contributed by atoms with Crippen LogP contribution in [-0.4, -0.2) is 57.4 Å². The Bertz CT molecular complexity index is 1380. The minimum Gasteiger partial charge on any atom is -0.392 e. The number of anilines is 1. The van der Waals surface area contributed by atoms with Crippen LogP contribution in [0.1, 0.15) is 48.3 Å². The Kier molecular flexibility index (Phi) is 9.47. The van der Waals surface area contributed by atoms with Crippen LogP contribution < -0.4 is 5.32 Å². The van der Waals surface area contributed by atoms with E-state index in [-0.39, 0.29) is 31.8 Å². The molecule has 0 saturated carbocycles. The third kappa shape index (κ3) is 7.30. The van der Waals surface area contributed by atoms with Crippen LogP contribution in [0.15, 0.2) is 78.0 Å². The standard InChI is InChI=1S/C30H30F3N3O5S/c31-30(32,33)29(39)36-14-4-7-24(36)27(38)35-22-6-3-5-21(15-22)28-40-23(18-42-26-8-1-2-13-34-26)16-25(41-28)20-11-9-19(17-37)10-12-20/h1-3,5-6,8-13,15,23-25,28,37H,4,7,14,16-18H2,(H,35,38). The van der Waals surface area contributed by atoms with E-state index in [1.807, 2.05) is 42.5 Å². The van der Waals surface area contributed by atoms with Gasteiger partial charge in [0.1, 0.15) is 6.04 Å². The maximum absolute atomic E-state index is 13.0. The zero-order valence-corrected chi connectivity index (χ0v) is 23.3. The first-order valence-corrected chi connectivity index (χ1v) is 14.5. The number of amides is 2. The summed E-state index contributed by atoms with van der Waals surface area (Å²) in [7, 11) is 0. The number of carbonyl (C=O) groups is 2. The summed E-state index contributed by atoms with van der Waals surface area (Å²) in [6.45, 7) is -0.193. The molecule has 0 radical (unpaired) electrons. The number of pyridine rings is 1. The molecule has 0 bridgehead atoms. The fourth-order valence-electron chi connectivity index (χ4n) is 5.07. The van der Waals surface area contributed by atoms with Crippen molar-refractivity contribution in [2.45, 2.75) is 61.6 Å². The summed E-state index contributed by atoms with van der Waals surface area (Å²) in [4.78, 5) is 29.7. The number of likely N-dealkylation sites (tertiary alicyclic amines) is 1. The van der Waals surface area contributed by atoms with E-state index >= 15 is 0 Å². The molecule has 3 heterocycles. The number of nitrogens with one attached hydrogen (secondary N) is 1. The molecule has 2 amide bonds. The molecular formula is C30H30F3N3O5S. The van der Waals surface area contributed by atoms with Crippen LogP contribution in [0.5, 0.6) is 0 Å². The Labute approximate surface area is 245 Å². The lowest BCUT2D eigenvalue weighted by atomic mass is 10.0. The first-order valence-electron chi connectivity index (χ1n) is 13.5. The van der Waals surface area contributed by atoms with Crippen LogP contribution in [0.3, 0.4) is 0 Å². The zero-order valence-electron chi connectivity index (χ0n) is 22.5. The molecule has 8 nitrogen and oxygen atoms in total. The van der Waals surface area contributed by atoms with Gasteiger partial charge in [-0.1, -0.05) is 42.5 Å². The molecule has 2 N–H and O–H groups in total. The number of carbonyl (C=O) groups excluding carboxylic acids is 2.